The van der Waals surface area contributed by atoms with Gasteiger partial charge < -0.3 is 15.1 Å². The van der Waals surface area contributed by atoms with E-state index in [0.29, 0.717) is 0 Å². The Morgan fingerprint density at radius 2 is 2.06 bits per heavy atom. The van der Waals surface area contributed by atoms with E-state index in [2.05, 4.69) is 46.6 Å². The summed E-state index contributed by atoms with van der Waals surface area (Å²) >= 11 is 1.74. The maximum Gasteiger partial charge on any atom is 0.185 e. The van der Waals surface area contributed by atoms with Crippen molar-refractivity contribution in [3.63, 3.8) is 0 Å². The monoisotopic (exact) mass is 256 g/mol. The Morgan fingerprint density at radius 1 is 1.29 bits per heavy atom. The van der Waals surface area contributed by atoms with Crippen LogP contribution < -0.4 is 10.2 Å². The molecule has 0 atom stereocenters. The number of aromatic nitrogens is 1. The molecule has 0 radical (unpaired) electrons. The summed E-state index contributed by atoms with van der Waals surface area (Å²) in [4.78, 5) is 9.10. The lowest BCUT2D eigenvalue weighted by molar-refractivity contribution is 0.401. The molecule has 0 bridgehead atoms. The first-order chi connectivity index (χ1) is 8.13. The van der Waals surface area contributed by atoms with E-state index in [1.54, 1.807) is 11.3 Å². The second-order valence-corrected chi connectivity index (χ2v) is 5.39. The molecule has 4 nitrogen and oxygen atoms in total. The number of hydrogen-bond donors (Lipinski definition) is 1. The van der Waals surface area contributed by atoms with Gasteiger partial charge in [0.1, 0.15) is 0 Å². The van der Waals surface area contributed by atoms with Gasteiger partial charge in [0, 0.05) is 31.9 Å². The van der Waals surface area contributed by atoms with Gasteiger partial charge in [-0.25, -0.2) is 4.98 Å². The first kappa shape index (κ1) is 14.4. The molecule has 0 amide bonds. The largest absolute Gasteiger partial charge is 0.351 e. The lowest BCUT2D eigenvalue weighted by Gasteiger charge is -2.17. The number of nitrogens with zero attached hydrogens (tertiary/aromatic N) is 3. The van der Waals surface area contributed by atoms with Crippen LogP contribution in [0, 0.1) is 0 Å². The summed E-state index contributed by atoms with van der Waals surface area (Å²) in [6.07, 6.45) is 2.19. The second kappa shape index (κ2) is 7.63. The van der Waals surface area contributed by atoms with Crippen LogP contribution in [-0.2, 0) is 6.42 Å². The zero-order valence-electron chi connectivity index (χ0n) is 11.4. The van der Waals surface area contributed by atoms with Gasteiger partial charge in [-0.3, -0.25) is 0 Å². The van der Waals surface area contributed by atoms with Crippen LogP contribution in [0.3, 0.4) is 0 Å². The summed E-state index contributed by atoms with van der Waals surface area (Å²) in [5.41, 5.74) is 1.19. The fourth-order valence-electron chi connectivity index (χ4n) is 1.56. The van der Waals surface area contributed by atoms with Crippen LogP contribution in [-0.4, -0.2) is 57.7 Å². The van der Waals surface area contributed by atoms with Crippen molar-refractivity contribution in [1.82, 2.24) is 15.2 Å². The summed E-state index contributed by atoms with van der Waals surface area (Å²) in [6.45, 7) is 3.19. The Kier molecular flexibility index (Phi) is 6.47. The van der Waals surface area contributed by atoms with Gasteiger partial charge >= 0.3 is 0 Å². The summed E-state index contributed by atoms with van der Waals surface area (Å²) in [6, 6.07) is 0. The molecule has 1 N–H and O–H groups in total. The minimum atomic E-state index is 0.994. The SMILES string of the molecule is CNCCc1csc(N(C)CCCN(C)C)n1. The fourth-order valence-corrected chi connectivity index (χ4v) is 2.41. The van der Waals surface area contributed by atoms with Crippen LogP contribution in [0.4, 0.5) is 5.13 Å². The second-order valence-electron chi connectivity index (χ2n) is 4.55. The Labute approximate surface area is 109 Å². The van der Waals surface area contributed by atoms with Crippen molar-refractivity contribution in [2.45, 2.75) is 12.8 Å². The minimum absolute atomic E-state index is 0.994. The molecule has 1 heterocycles. The zero-order valence-corrected chi connectivity index (χ0v) is 12.2. The molecule has 0 aromatic carbocycles. The van der Waals surface area contributed by atoms with Crippen LogP contribution in [0.2, 0.25) is 0 Å². The third kappa shape index (κ3) is 5.48. The molecule has 0 aliphatic carbocycles. The van der Waals surface area contributed by atoms with E-state index < -0.39 is 0 Å². The van der Waals surface area contributed by atoms with Crippen LogP contribution in [0.5, 0.6) is 0 Å². The average Bonchev–Trinajstić information content (AvgIpc) is 2.74. The van der Waals surface area contributed by atoms with Crippen molar-refractivity contribution < 1.29 is 0 Å². The van der Waals surface area contributed by atoms with Crippen molar-refractivity contribution in [2.24, 2.45) is 0 Å². The number of nitrogens with one attached hydrogen (secondary N) is 1. The Balaban J connectivity index is 2.35. The highest BCUT2D eigenvalue weighted by Gasteiger charge is 2.06. The normalized spacial score (nSPS) is 11.1. The van der Waals surface area contributed by atoms with Gasteiger partial charge in [0.25, 0.3) is 0 Å². The van der Waals surface area contributed by atoms with E-state index in [1.165, 1.54) is 12.1 Å². The van der Waals surface area contributed by atoms with Crippen LogP contribution in [0.1, 0.15) is 12.1 Å². The number of likely N-dealkylation sites (N-methyl/N-ethyl adjacent to an activating group) is 1. The molecule has 0 aliphatic heterocycles. The highest BCUT2D eigenvalue weighted by atomic mass is 32.1. The molecule has 1 aromatic heterocycles. The first-order valence-electron chi connectivity index (χ1n) is 6.08. The Hall–Kier alpha value is -0.650. The predicted molar refractivity (Wildman–Crippen MR) is 76.2 cm³/mol. The van der Waals surface area contributed by atoms with E-state index in [4.69, 9.17) is 0 Å². The first-order valence-corrected chi connectivity index (χ1v) is 6.96. The van der Waals surface area contributed by atoms with Crippen molar-refractivity contribution in [3.05, 3.63) is 11.1 Å². The molecule has 0 saturated heterocycles. The van der Waals surface area contributed by atoms with Crippen LogP contribution >= 0.6 is 11.3 Å². The molecular formula is C12H24N4S. The third-order valence-electron chi connectivity index (χ3n) is 2.60. The number of anilines is 1. The Morgan fingerprint density at radius 3 is 2.71 bits per heavy atom. The van der Waals surface area contributed by atoms with Gasteiger partial charge in [0.2, 0.25) is 0 Å². The maximum absolute atomic E-state index is 4.64. The molecular weight excluding hydrogens is 232 g/mol. The van der Waals surface area contributed by atoms with Crippen LogP contribution in [0.25, 0.3) is 0 Å². The molecule has 0 unspecified atom stereocenters. The fraction of sp³-hybridized carbons (Fsp3) is 0.750. The maximum atomic E-state index is 4.64. The van der Waals surface area contributed by atoms with Gasteiger partial charge in [0.05, 0.1) is 5.69 Å². The van der Waals surface area contributed by atoms with Gasteiger partial charge in [-0.1, -0.05) is 0 Å². The van der Waals surface area contributed by atoms with E-state index in [9.17, 15) is 0 Å². The van der Waals surface area contributed by atoms with Gasteiger partial charge in [0.15, 0.2) is 5.13 Å². The molecule has 0 fully saturated rings. The number of thiazole rings is 1. The van der Waals surface area contributed by atoms with Crippen molar-refractivity contribution in [3.8, 4) is 0 Å². The van der Waals surface area contributed by atoms with Crippen molar-refractivity contribution in [2.75, 3.05) is 52.7 Å². The zero-order chi connectivity index (χ0) is 12.7. The predicted octanol–water partition coefficient (Wildman–Crippen LogP) is 1.29. The van der Waals surface area contributed by atoms with E-state index in [1.807, 2.05) is 7.05 Å². The molecule has 1 rings (SSSR count). The molecule has 1 aromatic rings. The van der Waals surface area contributed by atoms with Crippen LogP contribution in [0.15, 0.2) is 5.38 Å². The van der Waals surface area contributed by atoms with Crippen molar-refractivity contribution >= 4 is 16.5 Å². The van der Waals surface area contributed by atoms with E-state index in [-0.39, 0.29) is 0 Å². The highest BCUT2D eigenvalue weighted by Crippen LogP contribution is 2.19. The molecule has 5 heteroatoms. The molecule has 0 spiro atoms. The number of rotatable bonds is 8. The van der Waals surface area contributed by atoms with E-state index in [0.717, 1.165) is 31.2 Å². The summed E-state index contributed by atoms with van der Waals surface area (Å²) in [7, 11) is 8.31. The third-order valence-corrected chi connectivity index (χ3v) is 3.60. The molecule has 98 valence electrons. The van der Waals surface area contributed by atoms with Gasteiger partial charge in [-0.2, -0.15) is 0 Å². The lowest BCUT2D eigenvalue weighted by Crippen LogP contribution is -2.23. The smallest absolute Gasteiger partial charge is 0.185 e. The molecule has 0 aliphatic rings. The summed E-state index contributed by atoms with van der Waals surface area (Å²) < 4.78 is 0. The van der Waals surface area contributed by atoms with E-state index >= 15 is 0 Å². The summed E-state index contributed by atoms with van der Waals surface area (Å²) in [5.74, 6) is 0. The van der Waals surface area contributed by atoms with Crippen molar-refractivity contribution in [1.29, 1.82) is 0 Å². The van der Waals surface area contributed by atoms with Gasteiger partial charge in [-0.05, 0) is 34.1 Å². The minimum Gasteiger partial charge on any atom is -0.351 e. The number of hydrogen-bond acceptors (Lipinski definition) is 5. The lowest BCUT2D eigenvalue weighted by atomic mass is 10.3. The summed E-state index contributed by atoms with van der Waals surface area (Å²) in [5, 5.41) is 6.44. The highest BCUT2D eigenvalue weighted by molar-refractivity contribution is 7.13. The quantitative estimate of drug-likeness (QED) is 0.759. The standard InChI is InChI=1S/C12H24N4S/c1-13-7-6-11-10-17-12(14-11)16(4)9-5-8-15(2)3/h10,13H,5-9H2,1-4H3. The molecule has 17 heavy (non-hydrogen) atoms. The molecule has 0 saturated carbocycles. The topological polar surface area (TPSA) is 31.4 Å². The Bertz CT molecular complexity index is 311. The average molecular weight is 256 g/mol. The van der Waals surface area contributed by atoms with Gasteiger partial charge in [-0.15, -0.1) is 11.3 Å².